The van der Waals surface area contributed by atoms with E-state index >= 15 is 0 Å². The Morgan fingerprint density at radius 1 is 1.32 bits per heavy atom. The Kier molecular flexibility index (Phi) is 2.58. The molecule has 0 unspecified atom stereocenters. The number of aryl methyl sites for hydroxylation is 1. The van der Waals surface area contributed by atoms with Crippen molar-refractivity contribution in [2.75, 3.05) is 0 Å². The molecule has 3 rings (SSSR count). The van der Waals surface area contributed by atoms with E-state index in [0.717, 1.165) is 0 Å². The van der Waals surface area contributed by atoms with Crippen molar-refractivity contribution in [1.82, 2.24) is 19.9 Å². The van der Waals surface area contributed by atoms with E-state index in [1.165, 1.54) is 0 Å². The molecule has 6 nitrogen and oxygen atoms in total. The van der Waals surface area contributed by atoms with Crippen molar-refractivity contribution < 1.29 is 4.52 Å². The van der Waals surface area contributed by atoms with Gasteiger partial charge in [-0.3, -0.25) is 4.68 Å². The fraction of sp³-hybridized carbons (Fsp3) is 0.0769. The Hall–Kier alpha value is -2.94. The van der Waals surface area contributed by atoms with Crippen LogP contribution in [-0.4, -0.2) is 19.9 Å². The number of benzene rings is 1. The van der Waals surface area contributed by atoms with E-state index in [9.17, 15) is 0 Å². The maximum Gasteiger partial charge on any atom is 0.258 e. The maximum atomic E-state index is 8.87. The third-order valence-corrected chi connectivity index (χ3v) is 2.61. The average Bonchev–Trinajstić information content (AvgIpc) is 3.07. The van der Waals surface area contributed by atoms with Crippen molar-refractivity contribution >= 4 is 0 Å². The van der Waals surface area contributed by atoms with Gasteiger partial charge in [-0.15, -0.1) is 0 Å². The topological polar surface area (TPSA) is 80.5 Å². The monoisotopic (exact) mass is 251 g/mol. The van der Waals surface area contributed by atoms with Crippen LogP contribution < -0.4 is 0 Å². The first-order valence-electron chi connectivity index (χ1n) is 5.60. The molecule has 0 aliphatic heterocycles. The van der Waals surface area contributed by atoms with Crippen molar-refractivity contribution in [2.45, 2.75) is 0 Å². The van der Waals surface area contributed by atoms with Crippen molar-refractivity contribution in [3.05, 3.63) is 42.1 Å². The average molecular weight is 251 g/mol. The molecule has 2 heterocycles. The molecule has 0 saturated carbocycles. The molecular weight excluding hydrogens is 242 g/mol. The molecule has 6 heteroatoms. The first kappa shape index (κ1) is 11.2. The second-order valence-electron chi connectivity index (χ2n) is 3.99. The number of hydrogen-bond acceptors (Lipinski definition) is 5. The minimum absolute atomic E-state index is 0.373. The fourth-order valence-corrected chi connectivity index (χ4v) is 1.70. The van der Waals surface area contributed by atoms with Crippen molar-refractivity contribution in [2.24, 2.45) is 7.05 Å². The maximum absolute atomic E-state index is 8.87. The van der Waals surface area contributed by atoms with Crippen LogP contribution in [0, 0.1) is 11.3 Å². The standard InChI is InChI=1S/C13H9N5O/c1-18-6-5-11(16-18)12-15-13(19-17-12)10-4-2-3-9(7-10)8-14/h2-7H,1H3. The highest BCUT2D eigenvalue weighted by Gasteiger charge is 2.12. The van der Waals surface area contributed by atoms with Crippen LogP contribution in [-0.2, 0) is 7.05 Å². The van der Waals surface area contributed by atoms with Crippen molar-refractivity contribution in [3.63, 3.8) is 0 Å². The summed E-state index contributed by atoms with van der Waals surface area (Å²) in [5.41, 5.74) is 1.91. The number of nitriles is 1. The predicted molar refractivity (Wildman–Crippen MR) is 66.7 cm³/mol. The molecule has 0 radical (unpaired) electrons. The Morgan fingerprint density at radius 3 is 2.95 bits per heavy atom. The second-order valence-corrected chi connectivity index (χ2v) is 3.99. The van der Waals surface area contributed by atoms with E-state index in [1.54, 1.807) is 28.9 Å². The van der Waals surface area contributed by atoms with Crippen LogP contribution in [0.2, 0.25) is 0 Å². The molecule has 1 aromatic carbocycles. The first-order valence-corrected chi connectivity index (χ1v) is 5.60. The molecule has 0 aliphatic carbocycles. The van der Waals surface area contributed by atoms with Gasteiger partial charge in [0.25, 0.3) is 5.89 Å². The van der Waals surface area contributed by atoms with Gasteiger partial charge in [0, 0.05) is 18.8 Å². The number of hydrogen-bond donors (Lipinski definition) is 0. The van der Waals surface area contributed by atoms with Gasteiger partial charge in [-0.05, 0) is 24.3 Å². The summed E-state index contributed by atoms with van der Waals surface area (Å²) < 4.78 is 6.86. The van der Waals surface area contributed by atoms with E-state index in [4.69, 9.17) is 9.78 Å². The lowest BCUT2D eigenvalue weighted by Crippen LogP contribution is -1.88. The molecule has 0 atom stereocenters. The minimum Gasteiger partial charge on any atom is -0.334 e. The molecule has 0 N–H and O–H groups in total. The Labute approximate surface area is 108 Å². The van der Waals surface area contributed by atoms with Gasteiger partial charge in [0.2, 0.25) is 5.82 Å². The van der Waals surface area contributed by atoms with E-state index in [2.05, 4.69) is 21.3 Å². The van der Waals surface area contributed by atoms with Gasteiger partial charge in [0.15, 0.2) is 0 Å². The molecule has 0 amide bonds. The summed E-state index contributed by atoms with van der Waals surface area (Å²) in [7, 11) is 1.82. The zero-order chi connectivity index (χ0) is 13.2. The van der Waals surface area contributed by atoms with Gasteiger partial charge in [0.05, 0.1) is 11.6 Å². The Balaban J connectivity index is 1.99. The predicted octanol–water partition coefficient (Wildman–Crippen LogP) is 2.01. The normalized spacial score (nSPS) is 10.3. The van der Waals surface area contributed by atoms with Gasteiger partial charge in [0.1, 0.15) is 5.69 Å². The van der Waals surface area contributed by atoms with Crippen LogP contribution in [0.25, 0.3) is 23.0 Å². The van der Waals surface area contributed by atoms with Gasteiger partial charge in [-0.25, -0.2) is 0 Å². The smallest absolute Gasteiger partial charge is 0.258 e. The lowest BCUT2D eigenvalue weighted by molar-refractivity contribution is 0.432. The van der Waals surface area contributed by atoms with Crippen LogP contribution >= 0.6 is 0 Å². The van der Waals surface area contributed by atoms with E-state index in [1.807, 2.05) is 19.3 Å². The summed E-state index contributed by atoms with van der Waals surface area (Å²) in [5, 5.41) is 17.0. The van der Waals surface area contributed by atoms with Gasteiger partial charge in [-0.2, -0.15) is 15.3 Å². The molecule has 3 aromatic rings. The summed E-state index contributed by atoms with van der Waals surface area (Å²) in [4.78, 5) is 4.28. The van der Waals surface area contributed by atoms with Gasteiger partial charge < -0.3 is 4.52 Å². The molecule has 0 bridgehead atoms. The van der Waals surface area contributed by atoms with Crippen LogP contribution in [0.4, 0.5) is 0 Å². The molecule has 0 fully saturated rings. The zero-order valence-corrected chi connectivity index (χ0v) is 10.1. The summed E-state index contributed by atoms with van der Waals surface area (Å²) >= 11 is 0. The summed E-state index contributed by atoms with van der Waals surface area (Å²) in [5.74, 6) is 0.802. The fourth-order valence-electron chi connectivity index (χ4n) is 1.70. The molecule has 19 heavy (non-hydrogen) atoms. The molecule has 0 saturated heterocycles. The molecule has 2 aromatic heterocycles. The van der Waals surface area contributed by atoms with Crippen LogP contribution in [0.15, 0.2) is 41.1 Å². The highest BCUT2D eigenvalue weighted by molar-refractivity contribution is 5.59. The van der Waals surface area contributed by atoms with E-state index < -0.39 is 0 Å². The molecule has 92 valence electrons. The Morgan fingerprint density at radius 2 is 2.21 bits per heavy atom. The molecule has 0 aliphatic rings. The molecule has 0 spiro atoms. The van der Waals surface area contributed by atoms with E-state index in [-0.39, 0.29) is 0 Å². The largest absolute Gasteiger partial charge is 0.334 e. The first-order chi connectivity index (χ1) is 9.26. The van der Waals surface area contributed by atoms with Gasteiger partial charge >= 0.3 is 0 Å². The molecular formula is C13H9N5O. The Bertz CT molecular complexity index is 765. The minimum atomic E-state index is 0.373. The quantitative estimate of drug-likeness (QED) is 0.695. The number of aromatic nitrogens is 4. The third kappa shape index (κ3) is 2.09. The lowest BCUT2D eigenvalue weighted by atomic mass is 10.1. The SMILES string of the molecule is Cn1ccc(-c2noc(-c3cccc(C#N)c3)n2)n1. The number of nitrogens with zero attached hydrogens (tertiary/aromatic N) is 5. The van der Waals surface area contributed by atoms with Gasteiger partial charge in [-0.1, -0.05) is 11.2 Å². The lowest BCUT2D eigenvalue weighted by Gasteiger charge is -1.93. The van der Waals surface area contributed by atoms with Crippen molar-refractivity contribution in [1.29, 1.82) is 5.26 Å². The highest BCUT2D eigenvalue weighted by atomic mass is 16.5. The summed E-state index contributed by atoms with van der Waals surface area (Å²) in [6, 6.07) is 10.9. The summed E-state index contributed by atoms with van der Waals surface area (Å²) in [6.07, 6.45) is 1.81. The second kappa shape index (κ2) is 4.38. The number of rotatable bonds is 2. The summed E-state index contributed by atoms with van der Waals surface area (Å²) in [6.45, 7) is 0. The third-order valence-electron chi connectivity index (χ3n) is 2.61. The van der Waals surface area contributed by atoms with Crippen molar-refractivity contribution in [3.8, 4) is 29.0 Å². The van der Waals surface area contributed by atoms with Crippen LogP contribution in [0.1, 0.15) is 5.56 Å². The van der Waals surface area contributed by atoms with Crippen LogP contribution in [0.5, 0.6) is 0 Å². The van der Waals surface area contributed by atoms with E-state index in [0.29, 0.717) is 28.5 Å². The zero-order valence-electron chi connectivity index (χ0n) is 10.1. The van der Waals surface area contributed by atoms with Crippen LogP contribution in [0.3, 0.4) is 0 Å². The highest BCUT2D eigenvalue weighted by Crippen LogP contribution is 2.21.